The summed E-state index contributed by atoms with van der Waals surface area (Å²) in [5.74, 6) is 0.651. The van der Waals surface area contributed by atoms with E-state index in [1.165, 1.54) is 5.56 Å². The molecular formula is C17H25NO2. The Hall–Kier alpha value is -0.900. The second kappa shape index (κ2) is 6.25. The second-order valence-electron chi connectivity index (χ2n) is 6.28. The van der Waals surface area contributed by atoms with Gasteiger partial charge in [-0.3, -0.25) is 4.90 Å². The molecule has 3 atom stereocenters. The van der Waals surface area contributed by atoms with E-state index in [-0.39, 0.29) is 6.04 Å². The van der Waals surface area contributed by atoms with E-state index in [2.05, 4.69) is 35.2 Å². The maximum atomic E-state index is 10.2. The van der Waals surface area contributed by atoms with Crippen LogP contribution in [0.2, 0.25) is 0 Å². The maximum Gasteiger partial charge on any atom is 0.0953 e. The highest BCUT2D eigenvalue weighted by atomic mass is 16.3. The van der Waals surface area contributed by atoms with Gasteiger partial charge >= 0.3 is 0 Å². The van der Waals surface area contributed by atoms with Crippen molar-refractivity contribution in [3.8, 4) is 0 Å². The Morgan fingerprint density at radius 1 is 0.900 bits per heavy atom. The molecule has 0 radical (unpaired) electrons. The number of piperidine rings is 1. The lowest BCUT2D eigenvalue weighted by molar-refractivity contribution is -0.0689. The molecular weight excluding hydrogens is 250 g/mol. The Morgan fingerprint density at radius 2 is 1.60 bits per heavy atom. The summed E-state index contributed by atoms with van der Waals surface area (Å²) in [5, 5.41) is 20.0. The third-order valence-electron chi connectivity index (χ3n) is 5.06. The number of aliphatic hydroxyl groups excluding tert-OH is 2. The lowest BCUT2D eigenvalue weighted by Crippen LogP contribution is -2.53. The van der Waals surface area contributed by atoms with Gasteiger partial charge in [-0.1, -0.05) is 30.3 Å². The van der Waals surface area contributed by atoms with E-state index < -0.39 is 12.2 Å². The van der Waals surface area contributed by atoms with E-state index in [9.17, 15) is 10.2 Å². The molecule has 1 heterocycles. The Labute approximate surface area is 121 Å². The fraction of sp³-hybridized carbons (Fsp3) is 0.647. The zero-order chi connectivity index (χ0) is 13.9. The molecule has 1 aliphatic carbocycles. The molecule has 2 aliphatic rings. The normalized spacial score (nSPS) is 33.2. The van der Waals surface area contributed by atoms with Crippen LogP contribution in [0.5, 0.6) is 0 Å². The van der Waals surface area contributed by atoms with E-state index in [0.717, 1.165) is 45.2 Å². The SMILES string of the molecule is O[C@@H]1[C@H](O)CCC[C@H]1N1CCC(c2ccccc2)CC1. The lowest BCUT2D eigenvalue weighted by Gasteiger charge is -2.43. The summed E-state index contributed by atoms with van der Waals surface area (Å²) < 4.78 is 0. The molecule has 0 bridgehead atoms. The van der Waals surface area contributed by atoms with Gasteiger partial charge in [-0.15, -0.1) is 0 Å². The monoisotopic (exact) mass is 275 g/mol. The predicted molar refractivity (Wildman–Crippen MR) is 79.6 cm³/mol. The van der Waals surface area contributed by atoms with Crippen molar-refractivity contribution in [3.63, 3.8) is 0 Å². The van der Waals surface area contributed by atoms with Crippen LogP contribution in [-0.2, 0) is 0 Å². The molecule has 1 aromatic rings. The smallest absolute Gasteiger partial charge is 0.0953 e. The molecule has 3 nitrogen and oxygen atoms in total. The van der Waals surface area contributed by atoms with Crippen LogP contribution in [0.15, 0.2) is 30.3 Å². The average Bonchev–Trinajstić information content (AvgIpc) is 2.51. The summed E-state index contributed by atoms with van der Waals surface area (Å²) in [7, 11) is 0. The number of hydrogen-bond donors (Lipinski definition) is 2. The largest absolute Gasteiger partial charge is 0.390 e. The van der Waals surface area contributed by atoms with E-state index in [0.29, 0.717) is 5.92 Å². The van der Waals surface area contributed by atoms with Crippen LogP contribution in [0.25, 0.3) is 0 Å². The van der Waals surface area contributed by atoms with Crippen LogP contribution in [0.3, 0.4) is 0 Å². The third-order valence-corrected chi connectivity index (χ3v) is 5.06. The van der Waals surface area contributed by atoms with Crippen LogP contribution in [-0.4, -0.2) is 46.5 Å². The fourth-order valence-corrected chi connectivity index (χ4v) is 3.82. The summed E-state index contributed by atoms with van der Waals surface area (Å²) >= 11 is 0. The van der Waals surface area contributed by atoms with Gasteiger partial charge in [0.15, 0.2) is 0 Å². The summed E-state index contributed by atoms with van der Waals surface area (Å²) in [6.07, 6.45) is 4.03. The molecule has 0 amide bonds. The van der Waals surface area contributed by atoms with Gasteiger partial charge in [-0.05, 0) is 56.7 Å². The minimum Gasteiger partial charge on any atom is -0.390 e. The fourth-order valence-electron chi connectivity index (χ4n) is 3.82. The first-order valence-electron chi connectivity index (χ1n) is 7.91. The van der Waals surface area contributed by atoms with Crippen molar-refractivity contribution in [2.75, 3.05) is 13.1 Å². The van der Waals surface area contributed by atoms with Crippen LogP contribution >= 0.6 is 0 Å². The minimum absolute atomic E-state index is 0.162. The summed E-state index contributed by atoms with van der Waals surface area (Å²) in [5.41, 5.74) is 1.44. The Balaban J connectivity index is 1.58. The Kier molecular flexibility index (Phi) is 4.39. The molecule has 1 saturated heterocycles. The van der Waals surface area contributed by atoms with E-state index in [4.69, 9.17) is 0 Å². The molecule has 1 saturated carbocycles. The number of likely N-dealkylation sites (tertiary alicyclic amines) is 1. The van der Waals surface area contributed by atoms with E-state index >= 15 is 0 Å². The number of nitrogens with zero attached hydrogens (tertiary/aromatic N) is 1. The number of hydrogen-bond acceptors (Lipinski definition) is 3. The zero-order valence-corrected chi connectivity index (χ0v) is 12.0. The molecule has 0 aromatic heterocycles. The first-order valence-corrected chi connectivity index (χ1v) is 7.91. The molecule has 2 fully saturated rings. The van der Waals surface area contributed by atoms with Crippen LogP contribution in [0, 0.1) is 0 Å². The van der Waals surface area contributed by atoms with E-state index in [1.54, 1.807) is 0 Å². The number of rotatable bonds is 2. The molecule has 0 spiro atoms. The Morgan fingerprint density at radius 3 is 2.30 bits per heavy atom. The van der Waals surface area contributed by atoms with E-state index in [1.807, 2.05) is 0 Å². The highest BCUT2D eigenvalue weighted by molar-refractivity contribution is 5.20. The van der Waals surface area contributed by atoms with Crippen molar-refractivity contribution in [1.29, 1.82) is 0 Å². The second-order valence-corrected chi connectivity index (χ2v) is 6.28. The molecule has 110 valence electrons. The van der Waals surface area contributed by atoms with Crippen molar-refractivity contribution in [2.45, 2.75) is 56.3 Å². The quantitative estimate of drug-likeness (QED) is 0.869. The Bertz CT molecular complexity index is 414. The molecule has 3 heteroatoms. The molecule has 1 aliphatic heterocycles. The van der Waals surface area contributed by atoms with Gasteiger partial charge in [0.2, 0.25) is 0 Å². The topological polar surface area (TPSA) is 43.7 Å². The first kappa shape index (κ1) is 14.1. The molecule has 20 heavy (non-hydrogen) atoms. The average molecular weight is 275 g/mol. The summed E-state index contributed by atoms with van der Waals surface area (Å²) in [6.45, 7) is 2.07. The van der Waals surface area contributed by atoms with Crippen molar-refractivity contribution in [3.05, 3.63) is 35.9 Å². The number of aliphatic hydroxyl groups is 2. The number of benzene rings is 1. The van der Waals surface area contributed by atoms with Crippen LogP contribution in [0.4, 0.5) is 0 Å². The van der Waals surface area contributed by atoms with Gasteiger partial charge in [-0.25, -0.2) is 0 Å². The highest BCUT2D eigenvalue weighted by Gasteiger charge is 2.36. The van der Waals surface area contributed by atoms with Crippen molar-refractivity contribution < 1.29 is 10.2 Å². The van der Waals surface area contributed by atoms with Crippen molar-refractivity contribution in [2.24, 2.45) is 0 Å². The molecule has 0 unspecified atom stereocenters. The van der Waals surface area contributed by atoms with Gasteiger partial charge in [0.1, 0.15) is 0 Å². The minimum atomic E-state index is -0.558. The van der Waals surface area contributed by atoms with Crippen molar-refractivity contribution >= 4 is 0 Å². The molecule has 2 N–H and O–H groups in total. The van der Waals surface area contributed by atoms with Crippen molar-refractivity contribution in [1.82, 2.24) is 4.90 Å². The standard InChI is InChI=1S/C17H25NO2/c19-16-8-4-7-15(17(16)20)18-11-9-14(10-12-18)13-5-2-1-3-6-13/h1-3,5-6,14-17,19-20H,4,7-12H2/t15-,16-,17+/m1/s1. The predicted octanol–water partition coefficient (Wildman–Crippen LogP) is 2.14. The maximum absolute atomic E-state index is 10.2. The third kappa shape index (κ3) is 2.90. The molecule has 3 rings (SSSR count). The summed E-state index contributed by atoms with van der Waals surface area (Å²) in [6, 6.07) is 10.9. The zero-order valence-electron chi connectivity index (χ0n) is 12.0. The molecule has 1 aromatic carbocycles. The van der Waals surface area contributed by atoms with Gasteiger partial charge in [-0.2, -0.15) is 0 Å². The van der Waals surface area contributed by atoms with Gasteiger partial charge < -0.3 is 10.2 Å². The highest BCUT2D eigenvalue weighted by Crippen LogP contribution is 2.32. The van der Waals surface area contributed by atoms with Gasteiger partial charge in [0.05, 0.1) is 12.2 Å². The van der Waals surface area contributed by atoms with Gasteiger partial charge in [0.25, 0.3) is 0 Å². The lowest BCUT2D eigenvalue weighted by atomic mass is 9.85. The van der Waals surface area contributed by atoms with Crippen LogP contribution in [0.1, 0.15) is 43.6 Å². The first-order chi connectivity index (χ1) is 9.75. The summed E-state index contributed by atoms with van der Waals surface area (Å²) in [4.78, 5) is 2.40. The van der Waals surface area contributed by atoms with Gasteiger partial charge in [0, 0.05) is 6.04 Å². The van der Waals surface area contributed by atoms with Crippen LogP contribution < -0.4 is 0 Å².